The lowest BCUT2D eigenvalue weighted by Crippen LogP contribution is -2.50. The van der Waals surface area contributed by atoms with Crippen molar-refractivity contribution >= 4 is 5.97 Å². The number of ether oxygens (including phenoxy) is 1. The molecule has 0 spiro atoms. The largest absolute Gasteiger partial charge is 0.462 e. The second-order valence-corrected chi connectivity index (χ2v) is 9.54. The third kappa shape index (κ3) is 2.47. The molecule has 25 heavy (non-hydrogen) atoms. The fourth-order valence-corrected chi connectivity index (χ4v) is 7.18. The summed E-state index contributed by atoms with van der Waals surface area (Å²) in [4.78, 5) is 11.3. The van der Waals surface area contributed by atoms with Gasteiger partial charge in [0.2, 0.25) is 0 Å². The van der Waals surface area contributed by atoms with Crippen LogP contribution in [0.25, 0.3) is 0 Å². The zero-order valence-electron chi connectivity index (χ0n) is 15.9. The molecule has 3 saturated carbocycles. The van der Waals surface area contributed by atoms with Crippen molar-refractivity contribution < 1.29 is 9.53 Å². The first-order valence-electron chi connectivity index (χ1n) is 10.1. The highest BCUT2D eigenvalue weighted by Gasteiger charge is 2.58. The number of esters is 1. The summed E-state index contributed by atoms with van der Waals surface area (Å²) in [5.41, 5.74) is 2.07. The zero-order valence-corrected chi connectivity index (χ0v) is 15.9. The third-order valence-electron chi connectivity index (χ3n) is 8.55. The van der Waals surface area contributed by atoms with Crippen LogP contribution < -0.4 is 0 Å². The normalized spacial score (nSPS) is 48.4. The molecule has 0 aliphatic heterocycles. The van der Waals surface area contributed by atoms with Gasteiger partial charge in [0, 0.05) is 13.3 Å². The van der Waals surface area contributed by atoms with Gasteiger partial charge in [0.15, 0.2) is 0 Å². The van der Waals surface area contributed by atoms with Crippen molar-refractivity contribution in [2.24, 2.45) is 34.5 Å². The number of carbonyl (C=O) groups is 1. The van der Waals surface area contributed by atoms with Gasteiger partial charge in [-0.25, -0.2) is 0 Å². The molecular formula is C22H31NO2. The molecule has 4 rings (SSSR count). The van der Waals surface area contributed by atoms with Gasteiger partial charge in [-0.05, 0) is 73.5 Å². The van der Waals surface area contributed by atoms with Crippen molar-refractivity contribution in [1.82, 2.24) is 0 Å². The molecule has 4 aliphatic rings. The highest BCUT2D eigenvalue weighted by Crippen LogP contribution is 2.66. The molecule has 4 aliphatic carbocycles. The predicted molar refractivity (Wildman–Crippen MR) is 96.4 cm³/mol. The number of nitriles is 1. The van der Waals surface area contributed by atoms with E-state index in [0.29, 0.717) is 0 Å². The Bertz CT molecular complexity index is 647. The van der Waals surface area contributed by atoms with Crippen molar-refractivity contribution in [3.8, 4) is 6.07 Å². The second kappa shape index (κ2) is 5.86. The van der Waals surface area contributed by atoms with Crippen LogP contribution in [0.4, 0.5) is 0 Å². The van der Waals surface area contributed by atoms with E-state index in [1.165, 1.54) is 32.6 Å². The monoisotopic (exact) mass is 341 g/mol. The Labute approximate surface area is 151 Å². The van der Waals surface area contributed by atoms with Crippen LogP contribution in [0, 0.1) is 45.8 Å². The van der Waals surface area contributed by atoms with E-state index in [9.17, 15) is 10.1 Å². The molecule has 7 atom stereocenters. The first-order chi connectivity index (χ1) is 11.9. The molecule has 3 fully saturated rings. The number of fused-ring (bicyclic) bond motifs is 5. The van der Waals surface area contributed by atoms with Gasteiger partial charge in [0.25, 0.3) is 0 Å². The van der Waals surface area contributed by atoms with Gasteiger partial charge in [0.05, 0.1) is 12.0 Å². The van der Waals surface area contributed by atoms with Gasteiger partial charge in [0.1, 0.15) is 6.10 Å². The first-order valence-corrected chi connectivity index (χ1v) is 10.1. The minimum absolute atomic E-state index is 0.0803. The number of allylic oxidation sites excluding steroid dienone is 1. The Morgan fingerprint density at radius 3 is 2.72 bits per heavy atom. The van der Waals surface area contributed by atoms with Crippen LogP contribution in [0.5, 0.6) is 0 Å². The van der Waals surface area contributed by atoms with E-state index in [4.69, 9.17) is 4.74 Å². The van der Waals surface area contributed by atoms with Gasteiger partial charge >= 0.3 is 5.97 Å². The van der Waals surface area contributed by atoms with Crippen molar-refractivity contribution in [2.75, 3.05) is 0 Å². The molecule has 0 aromatic heterocycles. The summed E-state index contributed by atoms with van der Waals surface area (Å²) >= 11 is 0. The number of hydrogen-bond acceptors (Lipinski definition) is 3. The maximum Gasteiger partial charge on any atom is 0.302 e. The molecular weight excluding hydrogens is 310 g/mol. The molecule has 136 valence electrons. The number of rotatable bonds is 1. The Morgan fingerprint density at radius 1 is 1.20 bits per heavy atom. The molecule has 0 bridgehead atoms. The molecule has 0 saturated heterocycles. The van der Waals surface area contributed by atoms with E-state index < -0.39 is 0 Å². The van der Waals surface area contributed by atoms with Gasteiger partial charge in [-0.1, -0.05) is 25.5 Å². The molecule has 0 unspecified atom stereocenters. The lowest BCUT2D eigenvalue weighted by atomic mass is 9.47. The van der Waals surface area contributed by atoms with Gasteiger partial charge in [-0.2, -0.15) is 5.26 Å². The molecule has 0 radical (unpaired) electrons. The summed E-state index contributed by atoms with van der Waals surface area (Å²) in [6.07, 6.45) is 11.6. The van der Waals surface area contributed by atoms with Crippen LogP contribution >= 0.6 is 0 Å². The van der Waals surface area contributed by atoms with E-state index in [-0.39, 0.29) is 28.8 Å². The number of carbonyl (C=O) groups excluding carboxylic acids is 1. The Kier molecular flexibility index (Phi) is 4.02. The van der Waals surface area contributed by atoms with Crippen LogP contribution in [-0.2, 0) is 9.53 Å². The molecule has 0 amide bonds. The lowest BCUT2D eigenvalue weighted by Gasteiger charge is -2.57. The first kappa shape index (κ1) is 17.1. The molecule has 0 heterocycles. The van der Waals surface area contributed by atoms with Crippen molar-refractivity contribution in [1.29, 1.82) is 5.26 Å². The molecule has 0 aromatic rings. The summed E-state index contributed by atoms with van der Waals surface area (Å²) < 4.78 is 5.52. The quantitative estimate of drug-likeness (QED) is 0.497. The SMILES string of the molecule is CC(=O)O[C@@H]1CC[C@@]2(C)C(=CC[C@H]3[C@@H]4CC[C@@H](C#N)[C@@]4(C)CC[C@@H]32)C1. The predicted octanol–water partition coefficient (Wildman–Crippen LogP) is 5.02. The van der Waals surface area contributed by atoms with Crippen LogP contribution in [0.15, 0.2) is 11.6 Å². The summed E-state index contributed by atoms with van der Waals surface area (Å²) in [5.74, 6) is 2.33. The van der Waals surface area contributed by atoms with Gasteiger partial charge in [-0.3, -0.25) is 4.79 Å². The summed E-state index contributed by atoms with van der Waals surface area (Å²) in [5, 5.41) is 9.60. The standard InChI is InChI=1S/C22H31NO2/c1-14(24)25-17-8-10-21(2)15(12-17)4-6-18-19-7-5-16(13-23)22(19,3)11-9-20(18)21/h4,16-20H,5-12H2,1-3H3/t16-,17+,18-,19-,20-,21-,22+/m0/s1. The average molecular weight is 341 g/mol. The fourth-order valence-electron chi connectivity index (χ4n) is 7.18. The van der Waals surface area contributed by atoms with Crippen LogP contribution in [0.1, 0.15) is 72.1 Å². The van der Waals surface area contributed by atoms with Crippen molar-refractivity contribution in [3.63, 3.8) is 0 Å². The fraction of sp³-hybridized carbons (Fsp3) is 0.818. The minimum atomic E-state index is -0.148. The summed E-state index contributed by atoms with van der Waals surface area (Å²) in [7, 11) is 0. The molecule has 0 aromatic carbocycles. The maximum atomic E-state index is 11.3. The molecule has 3 heteroatoms. The van der Waals surface area contributed by atoms with Crippen molar-refractivity contribution in [2.45, 2.75) is 78.2 Å². The topological polar surface area (TPSA) is 50.1 Å². The minimum Gasteiger partial charge on any atom is -0.462 e. The Hall–Kier alpha value is -1.30. The van der Waals surface area contributed by atoms with Gasteiger partial charge in [-0.15, -0.1) is 0 Å². The summed E-state index contributed by atoms with van der Waals surface area (Å²) in [6.45, 7) is 6.39. The molecule has 0 N–H and O–H groups in total. The average Bonchev–Trinajstić information content (AvgIpc) is 2.91. The maximum absolute atomic E-state index is 11.3. The van der Waals surface area contributed by atoms with E-state index in [0.717, 1.165) is 43.4 Å². The van der Waals surface area contributed by atoms with E-state index >= 15 is 0 Å². The molecule has 3 nitrogen and oxygen atoms in total. The zero-order chi connectivity index (χ0) is 17.8. The van der Waals surface area contributed by atoms with Crippen molar-refractivity contribution in [3.05, 3.63) is 11.6 Å². The highest BCUT2D eigenvalue weighted by atomic mass is 16.5. The van der Waals surface area contributed by atoms with Crippen LogP contribution in [-0.4, -0.2) is 12.1 Å². The lowest BCUT2D eigenvalue weighted by molar-refractivity contribution is -0.148. The van der Waals surface area contributed by atoms with E-state index in [1.54, 1.807) is 5.57 Å². The second-order valence-electron chi connectivity index (χ2n) is 9.54. The number of nitrogens with zero attached hydrogens (tertiary/aromatic N) is 1. The van der Waals surface area contributed by atoms with Crippen LogP contribution in [0.2, 0.25) is 0 Å². The Balaban J connectivity index is 1.59. The van der Waals surface area contributed by atoms with E-state index in [1.807, 2.05) is 0 Å². The van der Waals surface area contributed by atoms with Crippen LogP contribution in [0.3, 0.4) is 0 Å². The third-order valence-corrected chi connectivity index (χ3v) is 8.55. The van der Waals surface area contributed by atoms with E-state index in [2.05, 4.69) is 26.0 Å². The highest BCUT2D eigenvalue weighted by molar-refractivity contribution is 5.66. The number of hydrogen-bond donors (Lipinski definition) is 0. The smallest absolute Gasteiger partial charge is 0.302 e. The summed E-state index contributed by atoms with van der Waals surface area (Å²) in [6, 6.07) is 2.63. The Morgan fingerprint density at radius 2 is 2.00 bits per heavy atom. The van der Waals surface area contributed by atoms with Gasteiger partial charge < -0.3 is 4.74 Å².